The third-order valence-electron chi connectivity index (χ3n) is 5.12. The standard InChI is InChI=1S/C20H14F3N3S/c21-20(22,23)12-7-5-11(6-8-12)16-18-17-14(9-10-26(18)19(27)25-16)13-3-1-2-4-15(13)24-17/h1-8,24H,9-10H2,(H,25,27). The average Bonchev–Trinajstić information content (AvgIpc) is 3.19. The fourth-order valence-electron chi connectivity index (χ4n) is 3.86. The monoisotopic (exact) mass is 385 g/mol. The number of aromatic amines is 2. The van der Waals surface area contributed by atoms with Crippen molar-refractivity contribution in [1.82, 2.24) is 14.5 Å². The lowest BCUT2D eigenvalue weighted by Gasteiger charge is -2.17. The van der Waals surface area contributed by atoms with Crippen molar-refractivity contribution in [2.24, 2.45) is 0 Å². The molecule has 0 saturated carbocycles. The van der Waals surface area contributed by atoms with Crippen molar-refractivity contribution >= 4 is 23.1 Å². The van der Waals surface area contributed by atoms with Gasteiger partial charge in [0.1, 0.15) is 0 Å². The maximum absolute atomic E-state index is 12.9. The highest BCUT2D eigenvalue weighted by atomic mass is 32.1. The normalized spacial score (nSPS) is 13.6. The van der Waals surface area contributed by atoms with E-state index >= 15 is 0 Å². The molecule has 0 atom stereocenters. The average molecular weight is 385 g/mol. The summed E-state index contributed by atoms with van der Waals surface area (Å²) in [5, 5.41) is 1.17. The molecule has 4 aromatic rings. The number of para-hydroxylation sites is 1. The van der Waals surface area contributed by atoms with E-state index in [4.69, 9.17) is 12.2 Å². The summed E-state index contributed by atoms with van der Waals surface area (Å²) in [5.41, 5.74) is 4.89. The lowest BCUT2D eigenvalue weighted by molar-refractivity contribution is -0.137. The van der Waals surface area contributed by atoms with Gasteiger partial charge in [0.05, 0.1) is 22.6 Å². The molecule has 0 bridgehead atoms. The number of fused-ring (bicyclic) bond motifs is 5. The highest BCUT2D eigenvalue weighted by Crippen LogP contribution is 2.40. The minimum absolute atomic E-state index is 0.573. The molecule has 0 saturated heterocycles. The number of halogens is 3. The number of imidazole rings is 1. The Morgan fingerprint density at radius 3 is 2.41 bits per heavy atom. The second-order valence-electron chi connectivity index (χ2n) is 6.65. The van der Waals surface area contributed by atoms with E-state index in [1.165, 1.54) is 23.1 Å². The van der Waals surface area contributed by atoms with Gasteiger partial charge in [-0.15, -0.1) is 0 Å². The Morgan fingerprint density at radius 1 is 0.926 bits per heavy atom. The van der Waals surface area contributed by atoms with Crippen molar-refractivity contribution in [3.05, 3.63) is 64.4 Å². The number of hydrogen-bond acceptors (Lipinski definition) is 1. The highest BCUT2D eigenvalue weighted by Gasteiger charge is 2.31. The molecule has 3 nitrogen and oxygen atoms in total. The van der Waals surface area contributed by atoms with Gasteiger partial charge in [-0.25, -0.2) is 0 Å². The van der Waals surface area contributed by atoms with Crippen LogP contribution in [0.25, 0.3) is 33.5 Å². The van der Waals surface area contributed by atoms with Crippen LogP contribution in [0.5, 0.6) is 0 Å². The fourth-order valence-corrected chi connectivity index (χ4v) is 4.15. The first kappa shape index (κ1) is 16.4. The number of hydrogen-bond donors (Lipinski definition) is 2. The van der Waals surface area contributed by atoms with Crippen LogP contribution in [0.3, 0.4) is 0 Å². The molecule has 0 spiro atoms. The molecule has 2 aromatic carbocycles. The van der Waals surface area contributed by atoms with Gasteiger partial charge in [0.2, 0.25) is 0 Å². The quantitative estimate of drug-likeness (QED) is 0.391. The zero-order valence-corrected chi connectivity index (χ0v) is 14.8. The van der Waals surface area contributed by atoms with Gasteiger partial charge in [0, 0.05) is 23.0 Å². The summed E-state index contributed by atoms with van der Waals surface area (Å²) in [7, 11) is 0. The number of nitrogens with zero attached hydrogens (tertiary/aromatic N) is 1. The third-order valence-corrected chi connectivity index (χ3v) is 5.44. The summed E-state index contributed by atoms with van der Waals surface area (Å²) in [6.07, 6.45) is -3.50. The molecule has 2 N–H and O–H groups in total. The zero-order valence-electron chi connectivity index (χ0n) is 14.0. The molecule has 5 rings (SSSR count). The van der Waals surface area contributed by atoms with E-state index in [1.54, 1.807) is 0 Å². The van der Waals surface area contributed by atoms with Gasteiger partial charge in [0.25, 0.3) is 0 Å². The molecule has 136 valence electrons. The number of alkyl halides is 3. The summed E-state index contributed by atoms with van der Waals surface area (Å²) in [6.45, 7) is 0.736. The number of aromatic nitrogens is 3. The van der Waals surface area contributed by atoms with Crippen LogP contribution in [0.2, 0.25) is 0 Å². The molecule has 2 aromatic heterocycles. The lowest BCUT2D eigenvalue weighted by atomic mass is 9.99. The van der Waals surface area contributed by atoms with E-state index in [0.717, 1.165) is 47.7 Å². The van der Waals surface area contributed by atoms with E-state index in [-0.39, 0.29) is 0 Å². The largest absolute Gasteiger partial charge is 0.416 e. The summed E-state index contributed by atoms with van der Waals surface area (Å²) >= 11 is 5.47. The predicted molar refractivity (Wildman–Crippen MR) is 101 cm³/mol. The number of aryl methyl sites for hydroxylation is 1. The maximum Gasteiger partial charge on any atom is 0.416 e. The van der Waals surface area contributed by atoms with Crippen LogP contribution >= 0.6 is 12.2 Å². The van der Waals surface area contributed by atoms with Crippen molar-refractivity contribution < 1.29 is 13.2 Å². The molecular weight excluding hydrogens is 371 g/mol. The van der Waals surface area contributed by atoms with Crippen molar-refractivity contribution in [1.29, 1.82) is 0 Å². The van der Waals surface area contributed by atoms with Crippen molar-refractivity contribution in [2.45, 2.75) is 19.1 Å². The van der Waals surface area contributed by atoms with Crippen molar-refractivity contribution in [3.63, 3.8) is 0 Å². The van der Waals surface area contributed by atoms with Crippen LogP contribution in [-0.4, -0.2) is 14.5 Å². The third kappa shape index (κ3) is 2.45. The molecule has 7 heteroatoms. The van der Waals surface area contributed by atoms with E-state index in [0.29, 0.717) is 10.3 Å². The Hall–Kier alpha value is -2.80. The van der Waals surface area contributed by atoms with Gasteiger partial charge in [0.15, 0.2) is 4.77 Å². The number of benzene rings is 2. The van der Waals surface area contributed by atoms with Gasteiger partial charge in [-0.3, -0.25) is 0 Å². The Bertz CT molecular complexity index is 1230. The van der Waals surface area contributed by atoms with Crippen LogP contribution < -0.4 is 0 Å². The topological polar surface area (TPSA) is 36.5 Å². The molecule has 0 radical (unpaired) electrons. The minimum Gasteiger partial charge on any atom is -0.353 e. The van der Waals surface area contributed by atoms with E-state index in [9.17, 15) is 13.2 Å². The highest BCUT2D eigenvalue weighted by molar-refractivity contribution is 7.71. The molecule has 0 unspecified atom stereocenters. The van der Waals surface area contributed by atoms with Gasteiger partial charge >= 0.3 is 6.18 Å². The Labute approximate surface area is 157 Å². The number of rotatable bonds is 1. The zero-order chi connectivity index (χ0) is 18.8. The number of nitrogens with one attached hydrogen (secondary N) is 2. The fraction of sp³-hybridized carbons (Fsp3) is 0.150. The molecule has 27 heavy (non-hydrogen) atoms. The van der Waals surface area contributed by atoms with Gasteiger partial charge < -0.3 is 14.5 Å². The summed E-state index contributed by atoms with van der Waals surface area (Å²) in [4.78, 5) is 6.66. The predicted octanol–water partition coefficient (Wildman–Crippen LogP) is 5.94. The van der Waals surface area contributed by atoms with Gasteiger partial charge in [-0.1, -0.05) is 30.3 Å². The van der Waals surface area contributed by atoms with Gasteiger partial charge in [-0.05, 0) is 42.4 Å². The molecule has 3 heterocycles. The Morgan fingerprint density at radius 2 is 1.67 bits per heavy atom. The second kappa shape index (κ2) is 5.60. The number of H-pyrrole nitrogens is 2. The first-order valence-electron chi connectivity index (χ1n) is 8.54. The van der Waals surface area contributed by atoms with Crippen LogP contribution in [0, 0.1) is 4.77 Å². The smallest absolute Gasteiger partial charge is 0.353 e. The summed E-state index contributed by atoms with van der Waals surface area (Å²) in [6, 6.07) is 13.3. The maximum atomic E-state index is 12.9. The van der Waals surface area contributed by atoms with E-state index in [2.05, 4.69) is 16.0 Å². The van der Waals surface area contributed by atoms with Crippen LogP contribution in [0.4, 0.5) is 13.2 Å². The SMILES string of the molecule is FC(F)(F)c1ccc(-c2[nH]c(=S)n3c2-c2[nH]c4ccccc4c2CC3)cc1. The van der Waals surface area contributed by atoms with Crippen LogP contribution in [0.1, 0.15) is 11.1 Å². The van der Waals surface area contributed by atoms with Crippen molar-refractivity contribution in [2.75, 3.05) is 0 Å². The molecule has 0 amide bonds. The molecule has 0 aliphatic carbocycles. The second-order valence-corrected chi connectivity index (χ2v) is 7.04. The van der Waals surface area contributed by atoms with E-state index in [1.807, 2.05) is 22.8 Å². The minimum atomic E-state index is -4.35. The Kier molecular flexibility index (Phi) is 3.40. The van der Waals surface area contributed by atoms with E-state index < -0.39 is 11.7 Å². The summed E-state index contributed by atoms with van der Waals surface area (Å²) < 4.78 is 41.2. The molecule has 1 aliphatic heterocycles. The van der Waals surface area contributed by atoms with Gasteiger partial charge in [-0.2, -0.15) is 13.2 Å². The van der Waals surface area contributed by atoms with Crippen LogP contribution in [-0.2, 0) is 19.1 Å². The molecule has 0 fully saturated rings. The molecular formula is C20H14F3N3S. The van der Waals surface area contributed by atoms with Crippen LogP contribution in [0.15, 0.2) is 48.5 Å². The first-order chi connectivity index (χ1) is 12.9. The van der Waals surface area contributed by atoms with Crippen molar-refractivity contribution in [3.8, 4) is 22.6 Å². The lowest BCUT2D eigenvalue weighted by Crippen LogP contribution is -2.10. The Balaban J connectivity index is 1.72. The first-order valence-corrected chi connectivity index (χ1v) is 8.95. The molecule has 1 aliphatic rings. The summed E-state index contributed by atoms with van der Waals surface area (Å²) in [5.74, 6) is 0.